The molecule has 0 radical (unpaired) electrons. The summed E-state index contributed by atoms with van der Waals surface area (Å²) in [6.07, 6.45) is -0.159. The van der Waals surface area contributed by atoms with Gasteiger partial charge in [-0.1, -0.05) is 40.2 Å². The van der Waals surface area contributed by atoms with Gasteiger partial charge in [0, 0.05) is 10.5 Å². The predicted octanol–water partition coefficient (Wildman–Crippen LogP) is 4.53. The van der Waals surface area contributed by atoms with Gasteiger partial charge in [0.2, 0.25) is 0 Å². The number of aryl methyl sites for hydroxylation is 2. The molecule has 0 heterocycles. The third-order valence-electron chi connectivity index (χ3n) is 3.25. The zero-order valence-electron chi connectivity index (χ0n) is 12.1. The molecule has 0 aromatic heterocycles. The van der Waals surface area contributed by atoms with E-state index < -0.39 is 0 Å². The highest BCUT2D eigenvalue weighted by Gasteiger charge is 2.19. The summed E-state index contributed by atoms with van der Waals surface area (Å²) in [6.45, 7) is 6.08. The van der Waals surface area contributed by atoms with E-state index in [1.807, 2.05) is 32.0 Å². The Bertz CT molecular complexity index is 595. The number of ether oxygens (including phenoxy) is 1. The minimum atomic E-state index is -0.159. The molecule has 0 aliphatic heterocycles. The highest BCUT2D eigenvalue weighted by atomic mass is 79.9. The van der Waals surface area contributed by atoms with Gasteiger partial charge >= 0.3 is 0 Å². The Kier molecular flexibility index (Phi) is 4.84. The molecule has 2 nitrogen and oxygen atoms in total. The molecule has 0 saturated heterocycles. The first-order valence-corrected chi connectivity index (χ1v) is 7.51. The summed E-state index contributed by atoms with van der Waals surface area (Å²) in [5, 5.41) is 0. The quantitative estimate of drug-likeness (QED) is 0.891. The standard InChI is InChI=1S/C17H20BrNO/c1-11-7-8-12(2)16(9-11)20-17(13(3)19)14-5-4-6-15(18)10-14/h4-10,13,17H,19H2,1-3H3. The van der Waals surface area contributed by atoms with Crippen LogP contribution in [0, 0.1) is 13.8 Å². The Hall–Kier alpha value is -1.32. The maximum atomic E-state index is 6.18. The monoisotopic (exact) mass is 333 g/mol. The lowest BCUT2D eigenvalue weighted by Crippen LogP contribution is -2.29. The summed E-state index contributed by atoms with van der Waals surface area (Å²) in [7, 11) is 0. The fourth-order valence-corrected chi connectivity index (χ4v) is 2.55. The molecule has 2 unspecified atom stereocenters. The first-order valence-electron chi connectivity index (χ1n) is 6.72. The van der Waals surface area contributed by atoms with E-state index in [1.54, 1.807) is 0 Å². The minimum absolute atomic E-state index is 0.0933. The number of halogens is 1. The zero-order chi connectivity index (χ0) is 14.7. The van der Waals surface area contributed by atoms with Gasteiger partial charge in [-0.3, -0.25) is 0 Å². The first-order chi connectivity index (χ1) is 9.47. The molecule has 2 N–H and O–H groups in total. The lowest BCUT2D eigenvalue weighted by molar-refractivity contribution is 0.179. The van der Waals surface area contributed by atoms with Crippen molar-refractivity contribution in [3.05, 3.63) is 63.6 Å². The summed E-state index contributed by atoms with van der Waals surface area (Å²) < 4.78 is 7.22. The van der Waals surface area contributed by atoms with E-state index in [-0.39, 0.29) is 12.1 Å². The molecule has 2 aromatic carbocycles. The van der Waals surface area contributed by atoms with E-state index in [4.69, 9.17) is 10.5 Å². The molecule has 106 valence electrons. The molecule has 20 heavy (non-hydrogen) atoms. The van der Waals surface area contributed by atoms with Crippen LogP contribution in [0.3, 0.4) is 0 Å². The van der Waals surface area contributed by atoms with Crippen LogP contribution in [0.15, 0.2) is 46.9 Å². The van der Waals surface area contributed by atoms with Crippen molar-refractivity contribution < 1.29 is 4.74 Å². The van der Waals surface area contributed by atoms with Crippen molar-refractivity contribution in [3.63, 3.8) is 0 Å². The average Bonchev–Trinajstić information content (AvgIpc) is 2.39. The van der Waals surface area contributed by atoms with E-state index in [1.165, 1.54) is 5.56 Å². The van der Waals surface area contributed by atoms with E-state index >= 15 is 0 Å². The molecule has 2 atom stereocenters. The predicted molar refractivity (Wildman–Crippen MR) is 87.1 cm³/mol. The SMILES string of the molecule is Cc1ccc(C)c(OC(c2cccc(Br)c2)C(C)N)c1. The maximum absolute atomic E-state index is 6.18. The molecule has 0 spiro atoms. The van der Waals surface area contributed by atoms with Crippen LogP contribution < -0.4 is 10.5 Å². The van der Waals surface area contributed by atoms with Crippen LogP contribution in [-0.4, -0.2) is 6.04 Å². The molecule has 0 saturated carbocycles. The van der Waals surface area contributed by atoms with E-state index in [9.17, 15) is 0 Å². The molecule has 2 aromatic rings. The van der Waals surface area contributed by atoms with Crippen molar-refractivity contribution in [2.75, 3.05) is 0 Å². The van der Waals surface area contributed by atoms with Crippen molar-refractivity contribution in [1.29, 1.82) is 0 Å². The van der Waals surface area contributed by atoms with Gasteiger partial charge in [-0.2, -0.15) is 0 Å². The number of hydrogen-bond acceptors (Lipinski definition) is 2. The second-order valence-corrected chi connectivity index (χ2v) is 6.14. The second-order valence-electron chi connectivity index (χ2n) is 5.22. The maximum Gasteiger partial charge on any atom is 0.139 e. The van der Waals surface area contributed by atoms with Crippen LogP contribution in [0.4, 0.5) is 0 Å². The highest BCUT2D eigenvalue weighted by Crippen LogP contribution is 2.29. The minimum Gasteiger partial charge on any atom is -0.484 e. The molecular formula is C17H20BrNO. The van der Waals surface area contributed by atoms with Crippen molar-refractivity contribution in [3.8, 4) is 5.75 Å². The number of nitrogens with two attached hydrogens (primary N) is 1. The van der Waals surface area contributed by atoms with Crippen molar-refractivity contribution in [2.45, 2.75) is 32.9 Å². The number of benzene rings is 2. The molecule has 3 heteroatoms. The third kappa shape index (κ3) is 3.62. The van der Waals surface area contributed by atoms with Gasteiger partial charge in [0.25, 0.3) is 0 Å². The fourth-order valence-electron chi connectivity index (χ4n) is 2.13. The van der Waals surface area contributed by atoms with Crippen LogP contribution in [0.25, 0.3) is 0 Å². The Balaban J connectivity index is 2.33. The molecule has 0 bridgehead atoms. The normalized spacial score (nSPS) is 13.8. The number of rotatable bonds is 4. The Morgan fingerprint density at radius 2 is 1.85 bits per heavy atom. The van der Waals surface area contributed by atoms with Crippen LogP contribution in [0.2, 0.25) is 0 Å². The Morgan fingerprint density at radius 3 is 2.50 bits per heavy atom. The summed E-state index contributed by atoms with van der Waals surface area (Å²) in [5.41, 5.74) is 9.50. The van der Waals surface area contributed by atoms with E-state index in [2.05, 4.69) is 47.1 Å². The van der Waals surface area contributed by atoms with Crippen molar-refractivity contribution in [2.24, 2.45) is 5.73 Å². The van der Waals surface area contributed by atoms with Crippen LogP contribution in [0.5, 0.6) is 5.75 Å². The fraction of sp³-hybridized carbons (Fsp3) is 0.294. The van der Waals surface area contributed by atoms with Crippen molar-refractivity contribution in [1.82, 2.24) is 0 Å². The Labute approximate surface area is 129 Å². The van der Waals surface area contributed by atoms with Gasteiger partial charge in [0.05, 0.1) is 0 Å². The summed E-state index contributed by atoms with van der Waals surface area (Å²) in [6, 6.07) is 14.2. The largest absolute Gasteiger partial charge is 0.484 e. The summed E-state index contributed by atoms with van der Waals surface area (Å²) in [5.74, 6) is 0.896. The molecular weight excluding hydrogens is 314 g/mol. The molecule has 0 amide bonds. The van der Waals surface area contributed by atoms with E-state index in [0.717, 1.165) is 21.3 Å². The molecule has 0 fully saturated rings. The van der Waals surface area contributed by atoms with Crippen LogP contribution >= 0.6 is 15.9 Å². The lowest BCUT2D eigenvalue weighted by atomic mass is 10.0. The van der Waals surface area contributed by atoms with Gasteiger partial charge in [-0.15, -0.1) is 0 Å². The van der Waals surface area contributed by atoms with Crippen LogP contribution in [0.1, 0.15) is 29.7 Å². The van der Waals surface area contributed by atoms with Gasteiger partial charge in [-0.05, 0) is 55.7 Å². The molecule has 0 aliphatic rings. The number of hydrogen-bond donors (Lipinski definition) is 1. The second kappa shape index (κ2) is 6.42. The first kappa shape index (κ1) is 15.1. The van der Waals surface area contributed by atoms with Crippen molar-refractivity contribution >= 4 is 15.9 Å². The third-order valence-corrected chi connectivity index (χ3v) is 3.75. The zero-order valence-corrected chi connectivity index (χ0v) is 13.6. The Morgan fingerprint density at radius 1 is 1.10 bits per heavy atom. The highest BCUT2D eigenvalue weighted by molar-refractivity contribution is 9.10. The van der Waals surface area contributed by atoms with Gasteiger partial charge in [0.15, 0.2) is 0 Å². The molecule has 2 rings (SSSR count). The van der Waals surface area contributed by atoms with E-state index in [0.29, 0.717) is 0 Å². The van der Waals surface area contributed by atoms with Crippen LogP contribution in [-0.2, 0) is 0 Å². The van der Waals surface area contributed by atoms with Gasteiger partial charge < -0.3 is 10.5 Å². The smallest absolute Gasteiger partial charge is 0.139 e. The summed E-state index contributed by atoms with van der Waals surface area (Å²) in [4.78, 5) is 0. The lowest BCUT2D eigenvalue weighted by Gasteiger charge is -2.24. The average molecular weight is 334 g/mol. The van der Waals surface area contributed by atoms with Gasteiger partial charge in [0.1, 0.15) is 11.9 Å². The summed E-state index contributed by atoms with van der Waals surface area (Å²) >= 11 is 3.49. The topological polar surface area (TPSA) is 35.2 Å². The molecule has 0 aliphatic carbocycles. The van der Waals surface area contributed by atoms with Gasteiger partial charge in [-0.25, -0.2) is 0 Å².